The van der Waals surface area contributed by atoms with Crippen molar-refractivity contribution in [2.45, 2.75) is 19.4 Å². The zero-order valence-electron chi connectivity index (χ0n) is 10.2. The van der Waals surface area contributed by atoms with Gasteiger partial charge in [0.15, 0.2) is 0 Å². The number of carboxylic acids is 1. The Morgan fingerprint density at radius 2 is 2.00 bits per heavy atom. The first-order chi connectivity index (χ1) is 8.95. The number of carbonyl (C=O) groups excluding carboxylic acids is 2. The molecule has 1 aliphatic rings. The fourth-order valence-electron chi connectivity index (χ4n) is 1.85. The Bertz CT molecular complexity index is 549. The van der Waals surface area contributed by atoms with Crippen LogP contribution in [0.5, 0.6) is 0 Å². The largest absolute Gasteiger partial charge is 0.480 e. The van der Waals surface area contributed by atoms with Gasteiger partial charge in [0.2, 0.25) is 11.8 Å². The smallest absolute Gasteiger partial charge is 0.319 e. The Morgan fingerprint density at radius 3 is 2.53 bits per heavy atom. The van der Waals surface area contributed by atoms with Crippen molar-refractivity contribution in [2.24, 2.45) is 11.1 Å². The number of hydrogen-bond acceptors (Lipinski definition) is 3. The van der Waals surface area contributed by atoms with Gasteiger partial charge in [-0.3, -0.25) is 14.4 Å². The molecule has 0 aromatic heterocycles. The van der Waals surface area contributed by atoms with Crippen molar-refractivity contribution in [1.82, 2.24) is 5.32 Å². The molecule has 6 heteroatoms. The van der Waals surface area contributed by atoms with Crippen molar-refractivity contribution >= 4 is 17.8 Å². The monoisotopic (exact) mass is 262 g/mol. The number of amides is 2. The summed E-state index contributed by atoms with van der Waals surface area (Å²) < 4.78 is 0. The highest BCUT2D eigenvalue weighted by Crippen LogP contribution is 2.46. The maximum atomic E-state index is 11.8. The van der Waals surface area contributed by atoms with Gasteiger partial charge in [-0.25, -0.2) is 0 Å². The molecule has 0 unspecified atom stereocenters. The number of rotatable bonds is 5. The summed E-state index contributed by atoms with van der Waals surface area (Å²) in [5.74, 6) is -2.11. The molecular formula is C13H14N2O4. The lowest BCUT2D eigenvalue weighted by molar-refractivity contribution is -0.149. The van der Waals surface area contributed by atoms with Crippen molar-refractivity contribution in [3.05, 3.63) is 35.4 Å². The van der Waals surface area contributed by atoms with Crippen LogP contribution >= 0.6 is 0 Å². The van der Waals surface area contributed by atoms with Gasteiger partial charge in [0.1, 0.15) is 5.41 Å². The minimum atomic E-state index is -1.25. The summed E-state index contributed by atoms with van der Waals surface area (Å²) in [4.78, 5) is 33.7. The van der Waals surface area contributed by atoms with Crippen molar-refractivity contribution < 1.29 is 19.5 Å². The van der Waals surface area contributed by atoms with E-state index < -0.39 is 23.2 Å². The first kappa shape index (κ1) is 13.1. The molecule has 0 atom stereocenters. The van der Waals surface area contributed by atoms with Gasteiger partial charge in [-0.05, 0) is 30.5 Å². The van der Waals surface area contributed by atoms with Crippen LogP contribution in [0.2, 0.25) is 0 Å². The average molecular weight is 262 g/mol. The fraction of sp³-hybridized carbons (Fsp3) is 0.308. The first-order valence-corrected chi connectivity index (χ1v) is 5.86. The summed E-state index contributed by atoms with van der Waals surface area (Å²) in [6.45, 7) is 0.176. The normalized spacial score (nSPS) is 15.6. The molecule has 1 aromatic carbocycles. The second-order valence-electron chi connectivity index (χ2n) is 4.63. The van der Waals surface area contributed by atoms with Gasteiger partial charge in [0.25, 0.3) is 0 Å². The Labute approximate surface area is 109 Å². The van der Waals surface area contributed by atoms with Crippen LogP contribution in [0.1, 0.15) is 28.8 Å². The number of carbonyl (C=O) groups is 3. The number of nitrogens with one attached hydrogen (secondary N) is 1. The molecule has 0 spiro atoms. The van der Waals surface area contributed by atoms with E-state index in [4.69, 9.17) is 10.8 Å². The molecule has 0 radical (unpaired) electrons. The minimum Gasteiger partial charge on any atom is -0.480 e. The SMILES string of the molecule is NC(=O)c1cccc(CNC(=O)C2(C(=O)O)CC2)c1. The molecule has 2 rings (SSSR count). The van der Waals surface area contributed by atoms with Crippen molar-refractivity contribution in [3.8, 4) is 0 Å². The van der Waals surface area contributed by atoms with Crippen LogP contribution in [-0.4, -0.2) is 22.9 Å². The van der Waals surface area contributed by atoms with Crippen molar-refractivity contribution in [3.63, 3.8) is 0 Å². The summed E-state index contributed by atoms with van der Waals surface area (Å²) in [5.41, 5.74) is 4.96. The van der Waals surface area contributed by atoms with Crippen LogP contribution in [0.3, 0.4) is 0 Å². The zero-order valence-corrected chi connectivity index (χ0v) is 10.2. The van der Waals surface area contributed by atoms with Gasteiger partial charge >= 0.3 is 5.97 Å². The lowest BCUT2D eigenvalue weighted by Gasteiger charge is -2.11. The Kier molecular flexibility index (Phi) is 3.25. The van der Waals surface area contributed by atoms with Crippen LogP contribution in [-0.2, 0) is 16.1 Å². The van der Waals surface area contributed by atoms with E-state index in [9.17, 15) is 14.4 Å². The molecular weight excluding hydrogens is 248 g/mol. The maximum absolute atomic E-state index is 11.8. The van der Waals surface area contributed by atoms with Gasteiger partial charge in [-0.15, -0.1) is 0 Å². The molecule has 2 amide bonds. The van der Waals surface area contributed by atoms with Gasteiger partial charge in [0.05, 0.1) is 0 Å². The van der Waals surface area contributed by atoms with Gasteiger partial charge < -0.3 is 16.2 Å². The standard InChI is InChI=1S/C13H14N2O4/c14-10(16)9-3-1-2-8(6-9)7-15-11(17)13(4-5-13)12(18)19/h1-3,6H,4-5,7H2,(H2,14,16)(H,15,17)(H,18,19). The van der Waals surface area contributed by atoms with E-state index in [1.807, 2.05) is 0 Å². The average Bonchev–Trinajstić information content (AvgIpc) is 3.17. The summed E-state index contributed by atoms with van der Waals surface area (Å²) >= 11 is 0. The van der Waals surface area contributed by atoms with E-state index in [1.54, 1.807) is 24.3 Å². The Morgan fingerprint density at radius 1 is 1.32 bits per heavy atom. The zero-order chi connectivity index (χ0) is 14.0. The Balaban J connectivity index is 2.00. The van der Waals surface area contributed by atoms with E-state index in [1.165, 1.54) is 0 Å². The molecule has 1 fully saturated rings. The fourth-order valence-corrected chi connectivity index (χ4v) is 1.85. The van der Waals surface area contributed by atoms with Crippen LogP contribution in [0.4, 0.5) is 0 Å². The predicted octanol–water partition coefficient (Wildman–Crippen LogP) is 0.266. The topological polar surface area (TPSA) is 109 Å². The molecule has 4 N–H and O–H groups in total. The van der Waals surface area contributed by atoms with Crippen LogP contribution in [0.15, 0.2) is 24.3 Å². The second kappa shape index (κ2) is 4.72. The van der Waals surface area contributed by atoms with E-state index in [2.05, 4.69) is 5.32 Å². The van der Waals surface area contributed by atoms with Gasteiger partial charge in [0, 0.05) is 12.1 Å². The number of carboxylic acid groups (broad SMARTS) is 1. The van der Waals surface area contributed by atoms with Crippen LogP contribution in [0, 0.1) is 5.41 Å². The highest BCUT2D eigenvalue weighted by atomic mass is 16.4. The number of hydrogen-bond donors (Lipinski definition) is 3. The number of primary amides is 1. The van der Waals surface area contributed by atoms with E-state index in [-0.39, 0.29) is 6.54 Å². The lowest BCUT2D eigenvalue weighted by atomic mass is 10.1. The molecule has 0 bridgehead atoms. The van der Waals surface area contributed by atoms with Gasteiger partial charge in [-0.2, -0.15) is 0 Å². The third-order valence-electron chi connectivity index (χ3n) is 3.26. The molecule has 0 heterocycles. The summed E-state index contributed by atoms with van der Waals surface area (Å²) in [6, 6.07) is 6.54. The minimum absolute atomic E-state index is 0.176. The molecule has 1 aliphatic carbocycles. The molecule has 6 nitrogen and oxygen atoms in total. The maximum Gasteiger partial charge on any atom is 0.319 e. The quantitative estimate of drug-likeness (QED) is 0.661. The first-order valence-electron chi connectivity index (χ1n) is 5.86. The molecule has 0 saturated heterocycles. The molecule has 0 aliphatic heterocycles. The highest BCUT2D eigenvalue weighted by Gasteiger charge is 2.56. The molecule has 1 aromatic rings. The summed E-state index contributed by atoms with van der Waals surface area (Å²) in [6.07, 6.45) is 0.741. The number of aliphatic carboxylic acids is 1. The summed E-state index contributed by atoms with van der Waals surface area (Å²) in [5, 5.41) is 11.5. The number of benzene rings is 1. The number of nitrogens with two attached hydrogens (primary N) is 1. The van der Waals surface area contributed by atoms with Crippen LogP contribution < -0.4 is 11.1 Å². The van der Waals surface area contributed by atoms with Gasteiger partial charge in [-0.1, -0.05) is 12.1 Å². The second-order valence-corrected chi connectivity index (χ2v) is 4.63. The van der Waals surface area contributed by atoms with E-state index in [0.29, 0.717) is 24.0 Å². The molecule has 100 valence electrons. The lowest BCUT2D eigenvalue weighted by Crippen LogP contribution is -2.36. The van der Waals surface area contributed by atoms with E-state index >= 15 is 0 Å². The van der Waals surface area contributed by atoms with E-state index in [0.717, 1.165) is 0 Å². The third-order valence-corrected chi connectivity index (χ3v) is 3.26. The molecule has 1 saturated carbocycles. The van der Waals surface area contributed by atoms with Crippen LogP contribution in [0.25, 0.3) is 0 Å². The third kappa shape index (κ3) is 2.57. The predicted molar refractivity (Wildman–Crippen MR) is 66.1 cm³/mol. The van der Waals surface area contributed by atoms with Crippen molar-refractivity contribution in [1.29, 1.82) is 0 Å². The summed E-state index contributed by atoms with van der Waals surface area (Å²) in [7, 11) is 0. The Hall–Kier alpha value is -2.37. The molecule has 19 heavy (non-hydrogen) atoms. The highest BCUT2D eigenvalue weighted by molar-refractivity contribution is 6.04. The van der Waals surface area contributed by atoms with Crippen molar-refractivity contribution in [2.75, 3.05) is 0 Å².